The van der Waals surface area contributed by atoms with E-state index in [0.717, 1.165) is 18.5 Å². The largest absolute Gasteiger partial charge is 0.315 e. The van der Waals surface area contributed by atoms with Gasteiger partial charge in [0.1, 0.15) is 0 Å². The molecular weight excluding hydrogens is 124 g/mol. The Balaban J connectivity index is 2.32. The van der Waals surface area contributed by atoms with Crippen LogP contribution in [0.15, 0.2) is 0 Å². The van der Waals surface area contributed by atoms with Crippen LogP contribution in [-0.4, -0.2) is 38.1 Å². The number of hydrogen-bond acceptors (Lipinski definition) is 2. The average molecular weight is 142 g/mol. The Bertz CT molecular complexity index is 101. The lowest BCUT2D eigenvalue weighted by molar-refractivity contribution is 0.208. The minimum absolute atomic E-state index is 0.753. The number of nitrogens with one attached hydrogen (secondary N) is 1. The van der Waals surface area contributed by atoms with Crippen molar-refractivity contribution in [1.29, 1.82) is 0 Å². The van der Waals surface area contributed by atoms with Crippen LogP contribution < -0.4 is 5.32 Å². The molecule has 1 N–H and O–H groups in total. The molecule has 10 heavy (non-hydrogen) atoms. The predicted octanol–water partition coefficient (Wildman–Crippen LogP) is 0.546. The Morgan fingerprint density at radius 2 is 2.00 bits per heavy atom. The smallest absolute Gasteiger partial charge is 0.0217 e. The molecular formula is C8H18N2. The Morgan fingerprint density at radius 3 is 2.40 bits per heavy atom. The van der Waals surface area contributed by atoms with Gasteiger partial charge in [-0.3, -0.25) is 0 Å². The zero-order valence-electron chi connectivity index (χ0n) is 7.22. The fourth-order valence-electron chi connectivity index (χ4n) is 1.52. The van der Waals surface area contributed by atoms with Crippen LogP contribution in [0, 0.1) is 5.92 Å². The maximum absolute atomic E-state index is 3.42. The highest BCUT2D eigenvalue weighted by Gasteiger charge is 2.19. The van der Waals surface area contributed by atoms with E-state index in [-0.39, 0.29) is 0 Å². The van der Waals surface area contributed by atoms with Gasteiger partial charge in [-0.1, -0.05) is 6.92 Å². The highest BCUT2D eigenvalue weighted by atomic mass is 15.1. The van der Waals surface area contributed by atoms with Crippen molar-refractivity contribution < 1.29 is 0 Å². The van der Waals surface area contributed by atoms with Crippen molar-refractivity contribution in [2.24, 2.45) is 5.92 Å². The number of nitrogens with zero attached hydrogens (tertiary/aromatic N) is 1. The van der Waals surface area contributed by atoms with Gasteiger partial charge in [0, 0.05) is 12.6 Å². The highest BCUT2D eigenvalue weighted by Crippen LogP contribution is 2.12. The van der Waals surface area contributed by atoms with Crippen LogP contribution in [0.3, 0.4) is 0 Å². The van der Waals surface area contributed by atoms with E-state index < -0.39 is 0 Å². The van der Waals surface area contributed by atoms with Gasteiger partial charge in [0.25, 0.3) is 0 Å². The SMILES string of the molecule is C[C@H]1CNCC(N(C)C)C1. The van der Waals surface area contributed by atoms with Crippen LogP contribution in [0.2, 0.25) is 0 Å². The second-order valence-corrected chi connectivity index (χ2v) is 3.62. The maximum Gasteiger partial charge on any atom is 0.0217 e. The van der Waals surface area contributed by atoms with Crippen molar-refractivity contribution in [2.75, 3.05) is 27.2 Å². The summed E-state index contributed by atoms with van der Waals surface area (Å²) in [6, 6.07) is 0.753. The fourth-order valence-corrected chi connectivity index (χ4v) is 1.52. The van der Waals surface area contributed by atoms with E-state index in [9.17, 15) is 0 Å². The molecule has 1 unspecified atom stereocenters. The first-order valence-electron chi connectivity index (χ1n) is 4.07. The zero-order chi connectivity index (χ0) is 7.56. The lowest BCUT2D eigenvalue weighted by Crippen LogP contribution is -2.45. The second kappa shape index (κ2) is 3.35. The molecule has 0 aromatic rings. The molecule has 0 bridgehead atoms. The zero-order valence-corrected chi connectivity index (χ0v) is 7.22. The van der Waals surface area contributed by atoms with E-state index in [1.165, 1.54) is 13.0 Å². The Morgan fingerprint density at radius 1 is 1.30 bits per heavy atom. The molecule has 1 rings (SSSR count). The van der Waals surface area contributed by atoms with Gasteiger partial charge in [-0.05, 0) is 33.0 Å². The summed E-state index contributed by atoms with van der Waals surface area (Å²) in [6.45, 7) is 4.67. The van der Waals surface area contributed by atoms with Crippen molar-refractivity contribution in [3.8, 4) is 0 Å². The summed E-state index contributed by atoms with van der Waals surface area (Å²) in [7, 11) is 4.31. The summed E-state index contributed by atoms with van der Waals surface area (Å²) in [5, 5.41) is 3.42. The molecule has 1 aliphatic rings. The van der Waals surface area contributed by atoms with E-state index in [4.69, 9.17) is 0 Å². The van der Waals surface area contributed by atoms with Crippen molar-refractivity contribution >= 4 is 0 Å². The number of likely N-dealkylation sites (N-methyl/N-ethyl adjacent to an activating group) is 1. The fraction of sp³-hybridized carbons (Fsp3) is 1.00. The molecule has 2 atom stereocenters. The Kier molecular flexibility index (Phi) is 2.69. The van der Waals surface area contributed by atoms with Crippen LogP contribution in [0.4, 0.5) is 0 Å². The van der Waals surface area contributed by atoms with Gasteiger partial charge in [-0.2, -0.15) is 0 Å². The van der Waals surface area contributed by atoms with Crippen LogP contribution in [0.1, 0.15) is 13.3 Å². The van der Waals surface area contributed by atoms with Crippen molar-refractivity contribution in [1.82, 2.24) is 10.2 Å². The van der Waals surface area contributed by atoms with Crippen LogP contribution in [-0.2, 0) is 0 Å². The van der Waals surface area contributed by atoms with Crippen molar-refractivity contribution in [3.05, 3.63) is 0 Å². The summed E-state index contributed by atoms with van der Waals surface area (Å²) >= 11 is 0. The number of hydrogen-bond donors (Lipinski definition) is 1. The van der Waals surface area contributed by atoms with Gasteiger partial charge in [0.15, 0.2) is 0 Å². The first kappa shape index (κ1) is 8.02. The van der Waals surface area contributed by atoms with Gasteiger partial charge in [0.2, 0.25) is 0 Å². The molecule has 0 saturated carbocycles. The molecule has 0 spiro atoms. The van der Waals surface area contributed by atoms with E-state index in [0.29, 0.717) is 0 Å². The molecule has 0 radical (unpaired) electrons. The molecule has 1 aliphatic heterocycles. The standard InChI is InChI=1S/C8H18N2/c1-7-4-8(10(2)3)6-9-5-7/h7-9H,4-6H2,1-3H3/t7-,8?/m1/s1. The van der Waals surface area contributed by atoms with Gasteiger partial charge in [0.05, 0.1) is 0 Å². The van der Waals surface area contributed by atoms with Crippen LogP contribution >= 0.6 is 0 Å². The Labute approximate surface area is 63.6 Å². The average Bonchev–Trinajstić information content (AvgIpc) is 1.88. The van der Waals surface area contributed by atoms with E-state index in [2.05, 4.69) is 31.2 Å². The van der Waals surface area contributed by atoms with Gasteiger partial charge in [-0.15, -0.1) is 0 Å². The summed E-state index contributed by atoms with van der Waals surface area (Å²) in [5.74, 6) is 0.848. The third kappa shape index (κ3) is 1.96. The second-order valence-electron chi connectivity index (χ2n) is 3.62. The molecule has 0 amide bonds. The van der Waals surface area contributed by atoms with Crippen LogP contribution in [0.25, 0.3) is 0 Å². The number of piperidine rings is 1. The molecule has 0 aliphatic carbocycles. The summed E-state index contributed by atoms with van der Waals surface area (Å²) < 4.78 is 0. The Hall–Kier alpha value is -0.0800. The minimum atomic E-state index is 0.753. The van der Waals surface area contributed by atoms with Crippen LogP contribution in [0.5, 0.6) is 0 Å². The molecule has 0 aromatic carbocycles. The maximum atomic E-state index is 3.42. The lowest BCUT2D eigenvalue weighted by Gasteiger charge is -2.32. The summed E-state index contributed by atoms with van der Waals surface area (Å²) in [4.78, 5) is 2.31. The first-order valence-corrected chi connectivity index (χ1v) is 4.07. The highest BCUT2D eigenvalue weighted by molar-refractivity contribution is 4.78. The normalized spacial score (nSPS) is 34.8. The van der Waals surface area contributed by atoms with Gasteiger partial charge >= 0.3 is 0 Å². The molecule has 2 heteroatoms. The van der Waals surface area contributed by atoms with E-state index >= 15 is 0 Å². The molecule has 60 valence electrons. The van der Waals surface area contributed by atoms with Crippen molar-refractivity contribution in [2.45, 2.75) is 19.4 Å². The van der Waals surface area contributed by atoms with E-state index in [1.54, 1.807) is 0 Å². The summed E-state index contributed by atoms with van der Waals surface area (Å²) in [5.41, 5.74) is 0. The van der Waals surface area contributed by atoms with E-state index in [1.807, 2.05) is 0 Å². The first-order chi connectivity index (χ1) is 4.70. The minimum Gasteiger partial charge on any atom is -0.315 e. The lowest BCUT2D eigenvalue weighted by atomic mass is 9.97. The van der Waals surface area contributed by atoms with Gasteiger partial charge < -0.3 is 10.2 Å². The number of rotatable bonds is 1. The molecule has 0 aromatic heterocycles. The topological polar surface area (TPSA) is 15.3 Å². The molecule has 1 heterocycles. The van der Waals surface area contributed by atoms with Gasteiger partial charge in [-0.25, -0.2) is 0 Å². The molecule has 1 saturated heterocycles. The monoisotopic (exact) mass is 142 g/mol. The third-order valence-electron chi connectivity index (χ3n) is 2.28. The molecule has 2 nitrogen and oxygen atoms in total. The summed E-state index contributed by atoms with van der Waals surface area (Å²) in [6.07, 6.45) is 1.35. The quantitative estimate of drug-likeness (QED) is 0.575. The van der Waals surface area contributed by atoms with Crippen molar-refractivity contribution in [3.63, 3.8) is 0 Å². The molecule has 1 fully saturated rings. The predicted molar refractivity (Wildman–Crippen MR) is 44.1 cm³/mol. The third-order valence-corrected chi connectivity index (χ3v) is 2.28.